The molecule has 0 aromatic heterocycles. The lowest BCUT2D eigenvalue weighted by Crippen LogP contribution is -2.72. The average Bonchev–Trinajstić information content (AvgIpc) is 3.08. The summed E-state index contributed by atoms with van der Waals surface area (Å²) < 4.78 is 67.2. The second kappa shape index (κ2) is 16.8. The van der Waals surface area contributed by atoms with Crippen LogP contribution in [-0.4, -0.2) is 88.1 Å². The van der Waals surface area contributed by atoms with E-state index in [0.717, 1.165) is 28.5 Å². The highest BCUT2D eigenvalue weighted by Gasteiger charge is 2.24. The van der Waals surface area contributed by atoms with Crippen LogP contribution in [0.15, 0.2) is 99.8 Å². The van der Waals surface area contributed by atoms with Gasteiger partial charge in [0.2, 0.25) is 15.7 Å². The normalized spacial score (nSPS) is 15.8. The maximum atomic E-state index is 13.3. The Morgan fingerprint density at radius 3 is 2.22 bits per heavy atom. The zero-order valence-corrected chi connectivity index (χ0v) is 30.2. The number of amides is 1. The van der Waals surface area contributed by atoms with Crippen LogP contribution in [-0.2, 0) is 26.7 Å². The van der Waals surface area contributed by atoms with Crippen LogP contribution in [0.3, 0.4) is 0 Å². The third-order valence-electron chi connectivity index (χ3n) is 8.16. The number of rotatable bonds is 14. The van der Waals surface area contributed by atoms with Crippen molar-refractivity contribution in [3.05, 3.63) is 118 Å². The van der Waals surface area contributed by atoms with E-state index in [-0.39, 0.29) is 23.1 Å². The Kier molecular flexibility index (Phi) is 13.1. The molecule has 270 valence electrons. The number of aliphatic hydroxyl groups is 1. The maximum absolute atomic E-state index is 13.3. The Bertz CT molecular complexity index is 2130. The molecule has 1 unspecified atom stereocenters. The Labute approximate surface area is 298 Å². The van der Waals surface area contributed by atoms with Crippen LogP contribution in [0.1, 0.15) is 46.5 Å². The number of carbonyl (C=O) groups is 1. The Morgan fingerprint density at radius 2 is 1.63 bits per heavy atom. The van der Waals surface area contributed by atoms with Crippen molar-refractivity contribution < 1.29 is 46.3 Å². The molecule has 51 heavy (non-hydrogen) atoms. The lowest BCUT2D eigenvalue weighted by molar-refractivity contribution is -0.451. The zero-order chi connectivity index (χ0) is 37.5. The number of benzene rings is 3. The number of hydrogen-bond donors (Lipinski definition) is 7. The summed E-state index contributed by atoms with van der Waals surface area (Å²) in [6, 6.07) is 14.3. The third-order valence-corrected chi connectivity index (χ3v) is 10.5. The molecule has 0 aliphatic heterocycles. The predicted molar refractivity (Wildman–Crippen MR) is 194 cm³/mol. The van der Waals surface area contributed by atoms with E-state index in [9.17, 15) is 41.3 Å². The number of sulfonamides is 1. The summed E-state index contributed by atoms with van der Waals surface area (Å²) in [5.74, 6) is -0.595. The summed E-state index contributed by atoms with van der Waals surface area (Å²) in [5.41, 5.74) is 5.70. The predicted octanol–water partition coefficient (Wildman–Crippen LogP) is -0.773. The first kappa shape index (κ1) is 39.5. The summed E-state index contributed by atoms with van der Waals surface area (Å²) in [5, 5.41) is 34.4. The fourth-order valence-corrected chi connectivity index (χ4v) is 7.37. The lowest BCUT2D eigenvalue weighted by atomic mass is 9.80. The summed E-state index contributed by atoms with van der Waals surface area (Å²) in [6.45, 7) is 6.17. The quantitative estimate of drug-likeness (QED) is 0.0810. The van der Waals surface area contributed by atoms with Gasteiger partial charge in [0.15, 0.2) is 0 Å². The lowest BCUT2D eigenvalue weighted by Gasteiger charge is -2.21. The van der Waals surface area contributed by atoms with Crippen molar-refractivity contribution in [2.75, 3.05) is 26.7 Å². The number of carbonyl (C=O) groups excluding carboxylic acids is 1. The van der Waals surface area contributed by atoms with Crippen LogP contribution in [0.5, 0.6) is 0 Å². The van der Waals surface area contributed by atoms with Gasteiger partial charge in [0, 0.05) is 42.4 Å². The highest BCUT2D eigenvalue weighted by atomic mass is 32.2. The first-order chi connectivity index (χ1) is 24.0. The number of allylic oxidation sites excluding steroid dienone is 5. The van der Waals surface area contributed by atoms with E-state index in [1.54, 1.807) is 6.08 Å². The molecule has 3 aromatic rings. The fraction of sp³-hybridized carbons (Fsp3) is 0.257. The average molecular weight is 737 g/mol. The van der Waals surface area contributed by atoms with Gasteiger partial charge in [0.05, 0.1) is 15.9 Å². The molecule has 1 amide bonds. The molecule has 4 rings (SSSR count). The molecule has 0 saturated carbocycles. The molecule has 13 nitrogen and oxygen atoms in total. The van der Waals surface area contributed by atoms with Gasteiger partial charge in [-0.2, -0.15) is 0 Å². The van der Waals surface area contributed by atoms with E-state index in [4.69, 9.17) is 0 Å². The second-order valence-electron chi connectivity index (χ2n) is 11.9. The topological polar surface area (TPSA) is 219 Å². The smallest absolute Gasteiger partial charge is 0.488 e. The molecule has 0 fully saturated rings. The Morgan fingerprint density at radius 1 is 0.941 bits per heavy atom. The van der Waals surface area contributed by atoms with Crippen LogP contribution in [0, 0.1) is 6.92 Å². The molecule has 0 saturated heterocycles. The van der Waals surface area contributed by atoms with Crippen molar-refractivity contribution in [3.63, 3.8) is 0 Å². The van der Waals surface area contributed by atoms with E-state index >= 15 is 0 Å². The minimum absolute atomic E-state index is 0.0181. The number of aliphatic hydroxyl groups excluding tert-OH is 1. The molecular weight excluding hydrogens is 695 g/mol. The SMILES string of the molecule is CC[NH+]=C1C=C/C(=C(/c2ccc(CNC)c(C)c2)c2ccc(S(=O)(=O)NCC(O)CNC(=O)c3ccc(B(O)O)cc3)cc2S(=O)(=O)[O-])C=C1C. The van der Waals surface area contributed by atoms with E-state index < -0.39 is 55.6 Å². The van der Waals surface area contributed by atoms with Gasteiger partial charge >= 0.3 is 7.12 Å². The molecule has 1 atom stereocenters. The van der Waals surface area contributed by atoms with E-state index in [1.807, 2.05) is 58.2 Å². The molecular formula is C35H41BN4O9S2. The van der Waals surface area contributed by atoms with Gasteiger partial charge in [-0.3, -0.25) is 4.79 Å². The zero-order valence-electron chi connectivity index (χ0n) is 28.6. The molecule has 0 spiro atoms. The summed E-state index contributed by atoms with van der Waals surface area (Å²) in [6.07, 6.45) is 4.15. The van der Waals surface area contributed by atoms with Gasteiger partial charge in [-0.1, -0.05) is 36.4 Å². The van der Waals surface area contributed by atoms with Gasteiger partial charge in [-0.15, -0.1) is 0 Å². The van der Waals surface area contributed by atoms with Crippen LogP contribution in [0.2, 0.25) is 0 Å². The van der Waals surface area contributed by atoms with Gasteiger partial charge in [-0.25, -0.2) is 26.6 Å². The standard InChI is InChI=1S/C35H41BN4O9S2/c1-5-38-32-15-10-26(17-23(32)3)34(25-6-7-27(19-37-4)22(2)16-25)31-14-13-30(18-33(31)51(47,48)49)50(45,46)40-21-29(41)20-39-35(42)24-8-11-28(12-9-24)36(43)44/h6-18,29,37,40-41,43-44H,5,19-21H2,1-4H3,(H,39,42)(H,47,48,49)/b34-26+,38-32?. The molecule has 0 heterocycles. The first-order valence-corrected chi connectivity index (χ1v) is 18.9. The summed E-state index contributed by atoms with van der Waals surface area (Å²) in [4.78, 5) is 14.4. The van der Waals surface area contributed by atoms with Gasteiger partial charge in [-0.05, 0) is 97.5 Å². The van der Waals surface area contributed by atoms with Gasteiger partial charge in [0.25, 0.3) is 5.91 Å². The molecule has 1 aliphatic carbocycles. The Balaban J connectivity index is 1.66. The minimum atomic E-state index is -5.22. The molecule has 0 radical (unpaired) electrons. The van der Waals surface area contributed by atoms with Crippen LogP contribution in [0.4, 0.5) is 0 Å². The minimum Gasteiger partial charge on any atom is -0.744 e. The molecule has 3 aromatic carbocycles. The summed E-state index contributed by atoms with van der Waals surface area (Å²) >= 11 is 0. The van der Waals surface area contributed by atoms with Gasteiger partial charge in [0.1, 0.15) is 16.7 Å². The first-order valence-electron chi connectivity index (χ1n) is 16.0. The van der Waals surface area contributed by atoms with Crippen LogP contribution in [0.25, 0.3) is 5.57 Å². The largest absolute Gasteiger partial charge is 0.744 e. The highest BCUT2D eigenvalue weighted by molar-refractivity contribution is 7.89. The van der Waals surface area contributed by atoms with Crippen molar-refractivity contribution >= 4 is 49.9 Å². The fourth-order valence-electron chi connectivity index (χ4n) is 5.49. The van der Waals surface area contributed by atoms with Crippen molar-refractivity contribution in [2.24, 2.45) is 0 Å². The number of hydrogen-bond acceptors (Lipinski definition) is 10. The molecule has 1 aliphatic rings. The Hall–Kier alpha value is -4.26. The second-order valence-corrected chi connectivity index (χ2v) is 15.0. The monoisotopic (exact) mass is 736 g/mol. The van der Waals surface area contributed by atoms with Crippen LogP contribution >= 0.6 is 0 Å². The molecule has 0 bridgehead atoms. The number of nitrogens with one attached hydrogen (secondary N) is 4. The van der Waals surface area contributed by atoms with Crippen molar-refractivity contribution in [1.82, 2.24) is 15.4 Å². The van der Waals surface area contributed by atoms with Gasteiger partial charge < -0.3 is 30.3 Å². The van der Waals surface area contributed by atoms with E-state index in [1.165, 1.54) is 36.4 Å². The maximum Gasteiger partial charge on any atom is 0.488 e. The van der Waals surface area contributed by atoms with Crippen LogP contribution < -0.4 is 25.8 Å². The van der Waals surface area contributed by atoms with Crippen molar-refractivity contribution in [2.45, 2.75) is 43.2 Å². The third kappa shape index (κ3) is 9.96. The van der Waals surface area contributed by atoms with Crippen molar-refractivity contribution in [3.8, 4) is 0 Å². The molecule has 16 heteroatoms. The summed E-state index contributed by atoms with van der Waals surface area (Å²) in [7, 11) is -9.55. The van der Waals surface area contributed by atoms with Crippen molar-refractivity contribution in [1.29, 1.82) is 0 Å². The van der Waals surface area contributed by atoms with E-state index in [2.05, 4.69) is 20.3 Å². The highest BCUT2D eigenvalue weighted by Crippen LogP contribution is 2.36. The number of aryl methyl sites for hydroxylation is 1. The van der Waals surface area contributed by atoms with E-state index in [0.29, 0.717) is 29.8 Å². The molecule has 7 N–H and O–H groups in total.